The van der Waals surface area contributed by atoms with Crippen molar-refractivity contribution in [3.63, 3.8) is 0 Å². The van der Waals surface area contributed by atoms with Crippen molar-refractivity contribution in [2.45, 2.75) is 64.9 Å². The van der Waals surface area contributed by atoms with E-state index in [0.29, 0.717) is 23.5 Å². The SMILES string of the molecule is C[C@@]12CC[C@@H]3[C@H](CC=C4C[C@@H](O)CC[C@@]43C)[C@H]1C/C(=C\c1cccs1)C2=O. The summed E-state index contributed by atoms with van der Waals surface area (Å²) in [6, 6.07) is 4.18. The van der Waals surface area contributed by atoms with Crippen molar-refractivity contribution in [3.05, 3.63) is 39.6 Å². The van der Waals surface area contributed by atoms with Gasteiger partial charge >= 0.3 is 0 Å². The topological polar surface area (TPSA) is 37.3 Å². The minimum absolute atomic E-state index is 0.150. The monoisotopic (exact) mass is 382 g/mol. The predicted octanol–water partition coefficient (Wildman–Crippen LogP) is 5.63. The maximum Gasteiger partial charge on any atom is 0.165 e. The van der Waals surface area contributed by atoms with Gasteiger partial charge in [0.05, 0.1) is 6.10 Å². The first-order chi connectivity index (χ1) is 12.9. The minimum Gasteiger partial charge on any atom is -0.393 e. The van der Waals surface area contributed by atoms with Crippen molar-refractivity contribution in [2.75, 3.05) is 0 Å². The number of hydrogen-bond donors (Lipinski definition) is 1. The maximum atomic E-state index is 13.4. The normalized spacial score (nSPS) is 45.2. The van der Waals surface area contributed by atoms with Crippen LogP contribution in [0.2, 0.25) is 0 Å². The Balaban J connectivity index is 1.49. The number of Topliss-reactive ketones (excluding diaryl/α,β-unsaturated/α-hetero) is 1. The highest BCUT2D eigenvalue weighted by Gasteiger charge is 2.59. The summed E-state index contributed by atoms with van der Waals surface area (Å²) in [6.45, 7) is 4.70. The number of rotatable bonds is 1. The van der Waals surface area contributed by atoms with E-state index in [-0.39, 0.29) is 16.9 Å². The Bertz CT molecular complexity index is 819. The number of carbonyl (C=O) groups is 1. The zero-order valence-corrected chi connectivity index (χ0v) is 17.2. The average molecular weight is 383 g/mol. The van der Waals surface area contributed by atoms with Crippen LogP contribution in [0.1, 0.15) is 63.7 Å². The van der Waals surface area contributed by atoms with Crippen LogP contribution in [-0.4, -0.2) is 17.0 Å². The summed E-state index contributed by atoms with van der Waals surface area (Å²) >= 11 is 1.72. The first-order valence-electron chi connectivity index (χ1n) is 10.6. The predicted molar refractivity (Wildman–Crippen MR) is 110 cm³/mol. The minimum atomic E-state index is -0.167. The number of fused-ring (bicyclic) bond motifs is 5. The number of thiophene rings is 1. The second-order valence-corrected chi connectivity index (χ2v) is 10.8. The van der Waals surface area contributed by atoms with E-state index in [1.807, 2.05) is 0 Å². The number of hydrogen-bond acceptors (Lipinski definition) is 3. The van der Waals surface area contributed by atoms with Crippen LogP contribution in [0.3, 0.4) is 0 Å². The summed E-state index contributed by atoms with van der Waals surface area (Å²) in [7, 11) is 0. The van der Waals surface area contributed by atoms with Crippen molar-refractivity contribution in [3.8, 4) is 0 Å². The summed E-state index contributed by atoms with van der Waals surface area (Å²) in [5, 5.41) is 12.2. The summed E-state index contributed by atoms with van der Waals surface area (Å²) in [4.78, 5) is 14.6. The highest BCUT2D eigenvalue weighted by atomic mass is 32.1. The van der Waals surface area contributed by atoms with Gasteiger partial charge in [0.25, 0.3) is 0 Å². The number of aliphatic hydroxyl groups excluding tert-OH is 1. The van der Waals surface area contributed by atoms with Crippen LogP contribution in [-0.2, 0) is 4.79 Å². The van der Waals surface area contributed by atoms with Gasteiger partial charge in [-0.05, 0) is 91.2 Å². The third-order valence-corrected chi connectivity index (χ3v) is 9.40. The van der Waals surface area contributed by atoms with E-state index in [1.165, 1.54) is 16.9 Å². The molecule has 1 N–H and O–H groups in total. The Morgan fingerprint density at radius 1 is 1.15 bits per heavy atom. The Hall–Kier alpha value is -1.19. The molecule has 0 aliphatic heterocycles. The standard InChI is InChI=1S/C24H30O2S/c1-23-9-7-17(25)14-16(23)5-6-19-20(23)8-10-24(2)21(19)13-15(22(24)26)12-18-4-3-11-27-18/h3-5,11-12,17,19-21,25H,6-10,13-14H2,1-2H3/b15-12+/t17-,19-,20+,21+,23-,24+/m0/s1. The zero-order valence-electron chi connectivity index (χ0n) is 16.4. The summed E-state index contributed by atoms with van der Waals surface area (Å²) < 4.78 is 0. The van der Waals surface area contributed by atoms with Crippen LogP contribution in [0.4, 0.5) is 0 Å². The van der Waals surface area contributed by atoms with Gasteiger partial charge in [0.15, 0.2) is 5.78 Å². The summed E-state index contributed by atoms with van der Waals surface area (Å²) in [5.41, 5.74) is 2.64. The molecular formula is C24H30O2S. The van der Waals surface area contributed by atoms with E-state index in [4.69, 9.17) is 0 Å². The molecule has 0 saturated heterocycles. The van der Waals surface area contributed by atoms with Crippen molar-refractivity contribution in [2.24, 2.45) is 28.6 Å². The molecule has 2 nitrogen and oxygen atoms in total. The van der Waals surface area contributed by atoms with Crippen LogP contribution in [0, 0.1) is 28.6 Å². The van der Waals surface area contributed by atoms with Crippen LogP contribution in [0.5, 0.6) is 0 Å². The smallest absolute Gasteiger partial charge is 0.165 e. The van der Waals surface area contributed by atoms with Gasteiger partial charge in [-0.25, -0.2) is 0 Å². The lowest BCUT2D eigenvalue weighted by atomic mass is 9.48. The van der Waals surface area contributed by atoms with Crippen molar-refractivity contribution in [1.82, 2.24) is 0 Å². The molecule has 0 radical (unpaired) electrons. The van der Waals surface area contributed by atoms with Crippen molar-refractivity contribution >= 4 is 23.2 Å². The van der Waals surface area contributed by atoms with Crippen molar-refractivity contribution < 1.29 is 9.90 Å². The van der Waals surface area contributed by atoms with Gasteiger partial charge in [-0.15, -0.1) is 11.3 Å². The fraction of sp³-hybridized carbons (Fsp3) is 0.625. The van der Waals surface area contributed by atoms with E-state index in [1.54, 1.807) is 11.3 Å². The van der Waals surface area contributed by atoms with Crippen LogP contribution in [0.25, 0.3) is 6.08 Å². The van der Waals surface area contributed by atoms with E-state index in [2.05, 4.69) is 43.5 Å². The highest BCUT2D eigenvalue weighted by Crippen LogP contribution is 2.64. The molecular weight excluding hydrogens is 352 g/mol. The Labute approximate surface area is 166 Å². The van der Waals surface area contributed by atoms with E-state index in [9.17, 15) is 9.90 Å². The quantitative estimate of drug-likeness (QED) is 0.504. The first-order valence-corrected chi connectivity index (χ1v) is 11.5. The molecule has 1 aromatic rings. The lowest BCUT2D eigenvalue weighted by molar-refractivity contribution is -0.130. The van der Waals surface area contributed by atoms with Gasteiger partial charge in [-0.2, -0.15) is 0 Å². The molecule has 6 atom stereocenters. The third kappa shape index (κ3) is 2.57. The molecule has 5 rings (SSSR count). The molecule has 0 aromatic carbocycles. The highest BCUT2D eigenvalue weighted by molar-refractivity contribution is 7.10. The molecule has 0 amide bonds. The molecule has 3 saturated carbocycles. The molecule has 27 heavy (non-hydrogen) atoms. The van der Waals surface area contributed by atoms with Crippen LogP contribution < -0.4 is 0 Å². The molecule has 4 aliphatic carbocycles. The lowest BCUT2D eigenvalue weighted by Crippen LogP contribution is -2.50. The Morgan fingerprint density at radius 2 is 1.96 bits per heavy atom. The molecule has 0 unspecified atom stereocenters. The second-order valence-electron chi connectivity index (χ2n) is 9.83. The Kier molecular flexibility index (Phi) is 4.07. The molecule has 1 aromatic heterocycles. The largest absolute Gasteiger partial charge is 0.393 e. The first kappa shape index (κ1) is 17.9. The average Bonchev–Trinajstić information content (AvgIpc) is 3.24. The summed E-state index contributed by atoms with van der Waals surface area (Å²) in [6.07, 6.45) is 11.6. The van der Waals surface area contributed by atoms with Gasteiger partial charge < -0.3 is 5.11 Å². The zero-order chi connectivity index (χ0) is 18.8. The van der Waals surface area contributed by atoms with Gasteiger partial charge in [-0.1, -0.05) is 31.6 Å². The van der Waals surface area contributed by atoms with Crippen LogP contribution >= 0.6 is 11.3 Å². The molecule has 144 valence electrons. The number of aliphatic hydroxyl groups is 1. The number of carbonyl (C=O) groups excluding carboxylic acids is 1. The Morgan fingerprint density at radius 3 is 2.74 bits per heavy atom. The molecule has 0 bridgehead atoms. The second kappa shape index (κ2) is 6.15. The van der Waals surface area contributed by atoms with Gasteiger partial charge in [0.2, 0.25) is 0 Å². The lowest BCUT2D eigenvalue weighted by Gasteiger charge is -2.56. The van der Waals surface area contributed by atoms with Crippen LogP contribution in [0.15, 0.2) is 34.7 Å². The fourth-order valence-electron chi connectivity index (χ4n) is 6.99. The molecule has 0 spiro atoms. The number of allylic oxidation sites excluding steroid dienone is 2. The van der Waals surface area contributed by atoms with Gasteiger partial charge in [0, 0.05) is 10.3 Å². The maximum absolute atomic E-state index is 13.4. The van der Waals surface area contributed by atoms with Gasteiger partial charge in [0.1, 0.15) is 0 Å². The van der Waals surface area contributed by atoms with Gasteiger partial charge in [-0.3, -0.25) is 4.79 Å². The fourth-order valence-corrected chi connectivity index (χ4v) is 7.67. The summed E-state index contributed by atoms with van der Waals surface area (Å²) in [5.74, 6) is 2.19. The van der Waals surface area contributed by atoms with E-state index >= 15 is 0 Å². The molecule has 1 heterocycles. The molecule has 3 fully saturated rings. The van der Waals surface area contributed by atoms with E-state index < -0.39 is 0 Å². The number of ketones is 1. The van der Waals surface area contributed by atoms with Crippen molar-refractivity contribution in [1.29, 1.82) is 0 Å². The third-order valence-electron chi connectivity index (χ3n) is 8.58. The molecule has 3 heteroatoms. The van der Waals surface area contributed by atoms with E-state index in [0.717, 1.165) is 44.1 Å². The molecule has 4 aliphatic rings.